The molecule has 0 radical (unpaired) electrons. The van der Waals surface area contributed by atoms with Crippen LogP contribution < -0.4 is 0 Å². The highest BCUT2D eigenvalue weighted by molar-refractivity contribution is 5.07. The molecular weight excluding hydrogens is 362 g/mol. The van der Waals surface area contributed by atoms with Crippen LogP contribution in [0.15, 0.2) is 23.3 Å². The zero-order valence-electron chi connectivity index (χ0n) is 19.2. The van der Waals surface area contributed by atoms with Crippen molar-refractivity contribution in [3.8, 4) is 0 Å². The second-order valence-electron chi connectivity index (χ2n) is 10.4. The Morgan fingerprint density at radius 2 is 1.86 bits per heavy atom. The summed E-state index contributed by atoms with van der Waals surface area (Å²) in [6.45, 7) is 10.4. The summed E-state index contributed by atoms with van der Waals surface area (Å²) in [6, 6.07) is 0.0658. The van der Waals surface area contributed by atoms with Gasteiger partial charge in [-0.25, -0.2) is 0 Å². The highest BCUT2D eigenvalue weighted by Crippen LogP contribution is 2.49. The van der Waals surface area contributed by atoms with Crippen LogP contribution in [0.4, 0.5) is 0 Å². The zero-order valence-corrected chi connectivity index (χ0v) is 19.2. The van der Waals surface area contributed by atoms with Gasteiger partial charge in [-0.1, -0.05) is 36.1 Å². The fourth-order valence-electron chi connectivity index (χ4n) is 5.88. The molecule has 0 aromatic heterocycles. The van der Waals surface area contributed by atoms with E-state index in [-0.39, 0.29) is 24.3 Å². The van der Waals surface area contributed by atoms with E-state index in [0.717, 1.165) is 38.5 Å². The molecule has 5 unspecified atom stereocenters. The van der Waals surface area contributed by atoms with E-state index >= 15 is 0 Å². The first kappa shape index (κ1) is 23.0. The largest absolute Gasteiger partial charge is 0.785 e. The molecule has 1 aliphatic carbocycles. The van der Waals surface area contributed by atoms with Gasteiger partial charge in [-0.05, 0) is 91.4 Å². The molecule has 166 valence electrons. The van der Waals surface area contributed by atoms with Crippen molar-refractivity contribution in [3.05, 3.63) is 28.5 Å². The third-order valence-electron chi connectivity index (χ3n) is 7.69. The van der Waals surface area contributed by atoms with Crippen LogP contribution in [-0.2, 0) is 4.74 Å². The van der Waals surface area contributed by atoms with Crippen molar-refractivity contribution in [1.82, 2.24) is 5.06 Å². The summed E-state index contributed by atoms with van der Waals surface area (Å²) >= 11 is 0. The smallest absolute Gasteiger partial charge is 0.0883 e. The van der Waals surface area contributed by atoms with Crippen molar-refractivity contribution >= 4 is 0 Å². The van der Waals surface area contributed by atoms with Crippen LogP contribution in [0.1, 0.15) is 92.4 Å². The lowest BCUT2D eigenvalue weighted by Crippen LogP contribution is -2.57. The van der Waals surface area contributed by atoms with E-state index in [9.17, 15) is 10.3 Å². The van der Waals surface area contributed by atoms with Crippen LogP contribution in [-0.4, -0.2) is 40.1 Å². The summed E-state index contributed by atoms with van der Waals surface area (Å²) in [5, 5.41) is 25.3. The maximum Gasteiger partial charge on any atom is 0.0883 e. The SMILES string of the molecule is CC(C)=CCCC(C)=CCC[C@](C)(O)[C@@H]1CC2C3CCCCC3N([O-])C(C)C2O1. The molecule has 0 amide bonds. The summed E-state index contributed by atoms with van der Waals surface area (Å²) in [4.78, 5) is 0. The lowest BCUT2D eigenvalue weighted by Gasteiger charge is -2.56. The Hall–Kier alpha value is -0.680. The quantitative estimate of drug-likeness (QED) is 0.549. The van der Waals surface area contributed by atoms with Crippen LogP contribution in [0.3, 0.4) is 0 Å². The minimum absolute atomic E-state index is 0.0235. The van der Waals surface area contributed by atoms with Crippen molar-refractivity contribution in [3.63, 3.8) is 0 Å². The number of piperidine rings is 1. The van der Waals surface area contributed by atoms with Gasteiger partial charge in [-0.15, -0.1) is 0 Å². The lowest BCUT2D eigenvalue weighted by molar-refractivity contribution is -0.127. The number of allylic oxidation sites excluding steroid dienone is 4. The highest BCUT2D eigenvalue weighted by atomic mass is 16.5. The van der Waals surface area contributed by atoms with E-state index < -0.39 is 5.60 Å². The van der Waals surface area contributed by atoms with Crippen LogP contribution in [0, 0.1) is 17.0 Å². The second-order valence-corrected chi connectivity index (χ2v) is 10.4. The van der Waals surface area contributed by atoms with Crippen molar-refractivity contribution in [2.75, 3.05) is 0 Å². The molecule has 0 aromatic rings. The summed E-state index contributed by atoms with van der Waals surface area (Å²) in [5.74, 6) is 0.874. The van der Waals surface area contributed by atoms with E-state index in [0.29, 0.717) is 18.3 Å². The molecule has 0 spiro atoms. The lowest BCUT2D eigenvalue weighted by atomic mass is 9.68. The van der Waals surface area contributed by atoms with Gasteiger partial charge in [0.2, 0.25) is 0 Å². The Morgan fingerprint density at radius 3 is 2.59 bits per heavy atom. The van der Waals surface area contributed by atoms with E-state index in [4.69, 9.17) is 4.74 Å². The Morgan fingerprint density at radius 1 is 1.14 bits per heavy atom. The normalized spacial score (nSPS) is 37.6. The number of fused-ring (bicyclic) bond motifs is 3. The van der Waals surface area contributed by atoms with Gasteiger partial charge < -0.3 is 20.1 Å². The van der Waals surface area contributed by atoms with Crippen LogP contribution >= 0.6 is 0 Å². The van der Waals surface area contributed by atoms with Gasteiger partial charge in [0.15, 0.2) is 0 Å². The Labute approximate surface area is 178 Å². The third-order valence-corrected chi connectivity index (χ3v) is 7.69. The molecule has 2 aliphatic heterocycles. The molecule has 0 aromatic carbocycles. The maximum atomic E-state index is 12.8. The van der Waals surface area contributed by atoms with Gasteiger partial charge in [0, 0.05) is 12.1 Å². The van der Waals surface area contributed by atoms with E-state index in [1.165, 1.54) is 29.1 Å². The third kappa shape index (κ3) is 5.33. The van der Waals surface area contributed by atoms with E-state index in [1.54, 1.807) is 0 Å². The van der Waals surface area contributed by atoms with Crippen LogP contribution in [0.25, 0.3) is 0 Å². The molecule has 1 N–H and O–H groups in total. The first-order valence-corrected chi connectivity index (χ1v) is 11.8. The average Bonchev–Trinajstić information content (AvgIpc) is 3.12. The van der Waals surface area contributed by atoms with Crippen molar-refractivity contribution in [2.24, 2.45) is 11.8 Å². The van der Waals surface area contributed by atoms with Gasteiger partial charge in [-0.3, -0.25) is 0 Å². The molecule has 3 aliphatic rings. The number of hydroxylamine groups is 2. The monoisotopic (exact) mass is 404 g/mol. The summed E-state index contributed by atoms with van der Waals surface area (Å²) in [6.07, 6.45) is 13.6. The fraction of sp³-hybridized carbons (Fsp3) is 0.840. The fourth-order valence-corrected chi connectivity index (χ4v) is 5.88. The van der Waals surface area contributed by atoms with Crippen molar-refractivity contribution in [1.29, 1.82) is 0 Å². The van der Waals surface area contributed by atoms with Gasteiger partial charge in [0.1, 0.15) is 0 Å². The predicted octanol–water partition coefficient (Wildman–Crippen LogP) is 5.74. The molecule has 4 nitrogen and oxygen atoms in total. The Balaban J connectivity index is 1.57. The summed E-state index contributed by atoms with van der Waals surface area (Å²) in [7, 11) is 0. The number of rotatable bonds is 7. The van der Waals surface area contributed by atoms with Gasteiger partial charge >= 0.3 is 0 Å². The number of nitrogens with zero attached hydrogens (tertiary/aromatic N) is 1. The van der Waals surface area contributed by atoms with Crippen molar-refractivity contribution in [2.45, 2.75) is 122 Å². The number of ether oxygens (including phenoxy) is 1. The predicted molar refractivity (Wildman–Crippen MR) is 119 cm³/mol. The molecule has 29 heavy (non-hydrogen) atoms. The summed E-state index contributed by atoms with van der Waals surface area (Å²) in [5.41, 5.74) is 1.91. The first-order chi connectivity index (χ1) is 13.7. The average molecular weight is 405 g/mol. The molecular formula is C25H42NO3-. The minimum atomic E-state index is -0.842. The number of aliphatic hydroxyl groups is 1. The molecule has 3 rings (SSSR count). The molecule has 2 saturated heterocycles. The number of hydrogen-bond donors (Lipinski definition) is 1. The minimum Gasteiger partial charge on any atom is -0.785 e. The number of hydrogen-bond acceptors (Lipinski definition) is 4. The van der Waals surface area contributed by atoms with Crippen LogP contribution in [0.5, 0.6) is 0 Å². The highest BCUT2D eigenvalue weighted by Gasteiger charge is 2.53. The Kier molecular flexibility index (Phi) is 7.64. The van der Waals surface area contributed by atoms with Gasteiger partial charge in [0.05, 0.1) is 17.8 Å². The topological polar surface area (TPSA) is 55.8 Å². The van der Waals surface area contributed by atoms with Crippen molar-refractivity contribution < 1.29 is 9.84 Å². The molecule has 4 heteroatoms. The Bertz CT molecular complexity index is 607. The maximum absolute atomic E-state index is 12.8. The molecule has 2 heterocycles. The first-order valence-electron chi connectivity index (χ1n) is 11.8. The van der Waals surface area contributed by atoms with E-state index in [1.807, 2.05) is 13.8 Å². The van der Waals surface area contributed by atoms with Gasteiger partial charge in [-0.2, -0.15) is 0 Å². The standard InChI is InChI=1S/C25H42NO3/c1-17(2)10-8-11-18(3)12-9-15-25(5,27)23-16-21-20-13-6-7-14-22(20)26(28)19(4)24(21)29-23/h10,12,19-24,27H,6-9,11,13-16H2,1-5H3/q-1/t19?,20?,21?,22?,23-,24?,25-/m0/s1. The molecule has 1 saturated carbocycles. The molecule has 0 bridgehead atoms. The second kappa shape index (κ2) is 9.64. The molecule has 3 fully saturated rings. The van der Waals surface area contributed by atoms with Crippen LogP contribution in [0.2, 0.25) is 0 Å². The van der Waals surface area contributed by atoms with E-state index in [2.05, 4.69) is 32.9 Å². The zero-order chi connectivity index (χ0) is 21.2. The van der Waals surface area contributed by atoms with Gasteiger partial charge in [0.25, 0.3) is 0 Å². The molecule has 7 atom stereocenters. The summed E-state index contributed by atoms with van der Waals surface area (Å²) < 4.78 is 6.39.